The minimum Gasteiger partial charge on any atom is -0.399 e. The third-order valence-corrected chi connectivity index (χ3v) is 2.96. The predicted octanol–water partition coefficient (Wildman–Crippen LogP) is 3.23. The van der Waals surface area contributed by atoms with E-state index in [-0.39, 0.29) is 11.0 Å². The Morgan fingerprint density at radius 3 is 2.40 bits per heavy atom. The molecule has 0 atom stereocenters. The summed E-state index contributed by atoms with van der Waals surface area (Å²) < 4.78 is 39.0. The van der Waals surface area contributed by atoms with Crippen LogP contribution in [0.15, 0.2) is 36.5 Å². The second-order valence-corrected chi connectivity index (χ2v) is 4.28. The maximum Gasteiger partial charge on any atom is 0.433 e. The lowest BCUT2D eigenvalue weighted by atomic mass is 10.0. The van der Waals surface area contributed by atoms with Crippen molar-refractivity contribution in [3.8, 4) is 11.1 Å². The van der Waals surface area contributed by atoms with Gasteiger partial charge in [-0.05, 0) is 29.3 Å². The Bertz CT molecular complexity index is 759. The van der Waals surface area contributed by atoms with Crippen molar-refractivity contribution in [1.82, 2.24) is 15.2 Å². The van der Waals surface area contributed by atoms with E-state index in [9.17, 15) is 13.2 Å². The molecule has 2 heterocycles. The van der Waals surface area contributed by atoms with Gasteiger partial charge in [0, 0.05) is 11.9 Å². The number of benzene rings is 1. The first-order valence-corrected chi connectivity index (χ1v) is 5.73. The molecule has 0 fully saturated rings. The highest BCUT2D eigenvalue weighted by Gasteiger charge is 2.36. The van der Waals surface area contributed by atoms with Crippen LogP contribution in [0, 0.1) is 0 Å². The van der Waals surface area contributed by atoms with E-state index < -0.39 is 11.9 Å². The van der Waals surface area contributed by atoms with Gasteiger partial charge in [-0.3, -0.25) is 5.10 Å². The number of halogens is 3. The molecule has 0 amide bonds. The molecule has 3 aromatic rings. The van der Waals surface area contributed by atoms with E-state index in [2.05, 4.69) is 10.1 Å². The highest BCUT2D eigenvalue weighted by atomic mass is 19.4. The molecule has 0 aliphatic rings. The molecule has 4 nitrogen and oxygen atoms in total. The molecule has 102 valence electrons. The average Bonchev–Trinajstić information content (AvgIpc) is 2.83. The summed E-state index contributed by atoms with van der Waals surface area (Å²) in [5.74, 6) is 0. The number of alkyl halides is 3. The van der Waals surface area contributed by atoms with Crippen LogP contribution in [0.4, 0.5) is 18.9 Å². The number of aromatic amines is 1. The van der Waals surface area contributed by atoms with Crippen molar-refractivity contribution in [3.05, 3.63) is 42.2 Å². The molecule has 0 saturated carbocycles. The van der Waals surface area contributed by atoms with Gasteiger partial charge >= 0.3 is 6.18 Å². The average molecular weight is 278 g/mol. The Morgan fingerprint density at radius 2 is 1.75 bits per heavy atom. The highest BCUT2D eigenvalue weighted by Crippen LogP contribution is 2.37. The summed E-state index contributed by atoms with van der Waals surface area (Å²) in [4.78, 5) is 3.85. The molecular formula is C13H9F3N4. The third-order valence-electron chi connectivity index (χ3n) is 2.96. The number of nitrogens with zero attached hydrogens (tertiary/aromatic N) is 2. The van der Waals surface area contributed by atoms with Crippen LogP contribution in [-0.4, -0.2) is 15.2 Å². The molecule has 0 unspecified atom stereocenters. The maximum atomic E-state index is 13.0. The molecule has 1 aromatic carbocycles. The van der Waals surface area contributed by atoms with Gasteiger partial charge in [-0.15, -0.1) is 0 Å². The molecule has 3 rings (SSSR count). The van der Waals surface area contributed by atoms with Gasteiger partial charge in [-0.25, -0.2) is 4.98 Å². The zero-order valence-corrected chi connectivity index (χ0v) is 10.1. The molecule has 7 heteroatoms. The molecule has 2 aromatic heterocycles. The first-order chi connectivity index (χ1) is 9.47. The Balaban J connectivity index is 2.30. The van der Waals surface area contributed by atoms with Gasteiger partial charge in [0.1, 0.15) is 5.69 Å². The van der Waals surface area contributed by atoms with Gasteiger partial charge in [-0.2, -0.15) is 18.3 Å². The molecule has 0 saturated heterocycles. The second kappa shape index (κ2) is 4.22. The molecular weight excluding hydrogens is 269 g/mol. The molecule has 0 bridgehead atoms. The normalized spacial score (nSPS) is 11.9. The van der Waals surface area contributed by atoms with Crippen molar-refractivity contribution >= 4 is 16.7 Å². The van der Waals surface area contributed by atoms with Crippen LogP contribution < -0.4 is 5.73 Å². The van der Waals surface area contributed by atoms with E-state index in [0.29, 0.717) is 16.8 Å². The van der Waals surface area contributed by atoms with Crippen molar-refractivity contribution < 1.29 is 13.2 Å². The number of fused-ring (bicyclic) bond motifs is 1. The number of nitrogens with two attached hydrogens (primary N) is 1. The summed E-state index contributed by atoms with van der Waals surface area (Å²) >= 11 is 0. The van der Waals surface area contributed by atoms with Crippen LogP contribution >= 0.6 is 0 Å². The number of pyridine rings is 1. The lowest BCUT2D eigenvalue weighted by Gasteiger charge is -2.08. The quantitative estimate of drug-likeness (QED) is 0.671. The summed E-state index contributed by atoms with van der Waals surface area (Å²) in [5, 5.41) is 5.58. The SMILES string of the molecule is Nc1ccc(-c2ccnc3n[nH]c(C(F)(F)F)c23)cc1. The number of nitrogens with one attached hydrogen (secondary N) is 1. The number of anilines is 1. The van der Waals surface area contributed by atoms with Gasteiger partial charge < -0.3 is 5.73 Å². The molecule has 0 radical (unpaired) electrons. The molecule has 20 heavy (non-hydrogen) atoms. The molecule has 0 aliphatic carbocycles. The van der Waals surface area contributed by atoms with E-state index in [0.717, 1.165) is 0 Å². The number of H-pyrrole nitrogens is 1. The summed E-state index contributed by atoms with van der Waals surface area (Å²) in [6, 6.07) is 8.12. The van der Waals surface area contributed by atoms with Gasteiger partial charge in [0.15, 0.2) is 5.65 Å². The van der Waals surface area contributed by atoms with E-state index in [4.69, 9.17) is 5.73 Å². The lowest BCUT2D eigenvalue weighted by molar-refractivity contribution is -0.139. The largest absolute Gasteiger partial charge is 0.433 e. The van der Waals surface area contributed by atoms with Crippen molar-refractivity contribution in [1.29, 1.82) is 0 Å². The van der Waals surface area contributed by atoms with Crippen LogP contribution in [0.3, 0.4) is 0 Å². The van der Waals surface area contributed by atoms with E-state index in [1.54, 1.807) is 24.3 Å². The topological polar surface area (TPSA) is 67.6 Å². The summed E-state index contributed by atoms with van der Waals surface area (Å²) in [6.07, 6.45) is -3.09. The minimum atomic E-state index is -4.51. The first kappa shape index (κ1) is 12.5. The number of hydrogen-bond donors (Lipinski definition) is 2. The minimum absolute atomic E-state index is 0.0339. The zero-order valence-electron chi connectivity index (χ0n) is 10.1. The van der Waals surface area contributed by atoms with Crippen LogP contribution in [0.2, 0.25) is 0 Å². The standard InChI is InChI=1S/C13H9F3N4/c14-13(15,16)11-10-9(5-6-18-12(10)20-19-11)7-1-3-8(17)4-2-7/h1-6H,17H2,(H,18,19,20). The molecule has 0 spiro atoms. The monoisotopic (exact) mass is 278 g/mol. The number of nitrogen functional groups attached to an aromatic ring is 1. The van der Waals surface area contributed by atoms with Crippen molar-refractivity contribution in [3.63, 3.8) is 0 Å². The second-order valence-electron chi connectivity index (χ2n) is 4.28. The third kappa shape index (κ3) is 1.97. The summed E-state index contributed by atoms with van der Waals surface area (Å²) in [7, 11) is 0. The highest BCUT2D eigenvalue weighted by molar-refractivity contribution is 5.94. The Morgan fingerprint density at radius 1 is 1.05 bits per heavy atom. The van der Waals surface area contributed by atoms with Crippen molar-refractivity contribution in [2.45, 2.75) is 6.18 Å². The smallest absolute Gasteiger partial charge is 0.399 e. The van der Waals surface area contributed by atoms with Gasteiger partial charge in [-0.1, -0.05) is 12.1 Å². The van der Waals surface area contributed by atoms with Gasteiger partial charge in [0.25, 0.3) is 0 Å². The fraction of sp³-hybridized carbons (Fsp3) is 0.0769. The molecule has 3 N–H and O–H groups in total. The summed E-state index contributed by atoms with van der Waals surface area (Å²) in [5.41, 5.74) is 6.30. The van der Waals surface area contributed by atoms with Crippen molar-refractivity contribution in [2.75, 3.05) is 5.73 Å². The Labute approximate surface area is 111 Å². The Kier molecular flexibility index (Phi) is 2.63. The van der Waals surface area contributed by atoms with Crippen LogP contribution in [-0.2, 0) is 6.18 Å². The zero-order chi connectivity index (χ0) is 14.3. The van der Waals surface area contributed by atoms with Gasteiger partial charge in [0.05, 0.1) is 5.39 Å². The van der Waals surface area contributed by atoms with Crippen LogP contribution in [0.5, 0.6) is 0 Å². The lowest BCUT2D eigenvalue weighted by Crippen LogP contribution is -2.06. The van der Waals surface area contributed by atoms with Crippen LogP contribution in [0.25, 0.3) is 22.2 Å². The van der Waals surface area contributed by atoms with Gasteiger partial charge in [0.2, 0.25) is 0 Å². The Hall–Kier alpha value is -2.57. The fourth-order valence-electron chi connectivity index (χ4n) is 2.06. The van der Waals surface area contributed by atoms with Crippen LogP contribution in [0.1, 0.15) is 5.69 Å². The summed E-state index contributed by atoms with van der Waals surface area (Å²) in [6.45, 7) is 0. The molecule has 0 aliphatic heterocycles. The van der Waals surface area contributed by atoms with E-state index >= 15 is 0 Å². The van der Waals surface area contributed by atoms with E-state index in [1.807, 2.05) is 5.10 Å². The number of aromatic nitrogens is 3. The maximum absolute atomic E-state index is 13.0. The van der Waals surface area contributed by atoms with Crippen molar-refractivity contribution in [2.24, 2.45) is 0 Å². The number of hydrogen-bond acceptors (Lipinski definition) is 3. The predicted molar refractivity (Wildman–Crippen MR) is 68.7 cm³/mol. The fourth-order valence-corrected chi connectivity index (χ4v) is 2.06. The van der Waals surface area contributed by atoms with E-state index in [1.165, 1.54) is 12.3 Å². The first-order valence-electron chi connectivity index (χ1n) is 5.73. The number of rotatable bonds is 1.